The highest BCUT2D eigenvalue weighted by Gasteiger charge is 2.11. The summed E-state index contributed by atoms with van der Waals surface area (Å²) in [6, 6.07) is 13.0. The Balaban J connectivity index is 2.28. The van der Waals surface area contributed by atoms with Crippen molar-refractivity contribution >= 4 is 28.9 Å². The van der Waals surface area contributed by atoms with Crippen molar-refractivity contribution in [1.82, 2.24) is 0 Å². The normalized spacial score (nSPS) is 10.4. The van der Waals surface area contributed by atoms with Gasteiger partial charge in [-0.3, -0.25) is 4.79 Å². The van der Waals surface area contributed by atoms with Crippen LogP contribution >= 0.6 is 11.6 Å². The number of halogens is 1. The smallest absolute Gasteiger partial charge is 0.250 e. The Morgan fingerprint density at radius 3 is 2.52 bits per heavy atom. The standard InChI is InChI=1S/C16H18ClN3O/c1-2-20(10-11-5-3-4-6-15(11)18)12-7-8-13(16(19)21)14(17)9-12/h3-9H,2,10,18H2,1H3,(H2,19,21). The molecule has 0 saturated heterocycles. The van der Waals surface area contributed by atoms with E-state index >= 15 is 0 Å². The number of hydrogen-bond donors (Lipinski definition) is 2. The van der Waals surface area contributed by atoms with Crippen molar-refractivity contribution in [3.05, 3.63) is 58.6 Å². The van der Waals surface area contributed by atoms with Crippen LogP contribution in [-0.2, 0) is 6.54 Å². The van der Waals surface area contributed by atoms with Gasteiger partial charge in [0, 0.05) is 24.5 Å². The molecule has 21 heavy (non-hydrogen) atoms. The molecule has 0 unspecified atom stereocenters. The predicted octanol–water partition coefficient (Wildman–Crippen LogP) is 3.05. The lowest BCUT2D eigenvalue weighted by atomic mass is 10.1. The molecule has 110 valence electrons. The van der Waals surface area contributed by atoms with Crippen LogP contribution in [0.4, 0.5) is 11.4 Å². The van der Waals surface area contributed by atoms with Crippen molar-refractivity contribution in [3.63, 3.8) is 0 Å². The summed E-state index contributed by atoms with van der Waals surface area (Å²) in [7, 11) is 0. The van der Waals surface area contributed by atoms with E-state index in [0.717, 1.165) is 23.5 Å². The lowest BCUT2D eigenvalue weighted by molar-refractivity contribution is 0.100. The minimum Gasteiger partial charge on any atom is -0.398 e. The predicted molar refractivity (Wildman–Crippen MR) is 87.5 cm³/mol. The monoisotopic (exact) mass is 303 g/mol. The van der Waals surface area contributed by atoms with Crippen molar-refractivity contribution in [3.8, 4) is 0 Å². The Kier molecular flexibility index (Phi) is 4.70. The van der Waals surface area contributed by atoms with Crippen molar-refractivity contribution < 1.29 is 4.79 Å². The van der Waals surface area contributed by atoms with Crippen molar-refractivity contribution in [1.29, 1.82) is 0 Å². The number of primary amides is 1. The highest BCUT2D eigenvalue weighted by atomic mass is 35.5. The Hall–Kier alpha value is -2.20. The molecule has 0 heterocycles. The number of carbonyl (C=O) groups is 1. The van der Waals surface area contributed by atoms with E-state index in [1.165, 1.54) is 0 Å². The summed E-state index contributed by atoms with van der Waals surface area (Å²) in [6.07, 6.45) is 0. The molecule has 0 saturated carbocycles. The first kappa shape index (κ1) is 15.2. The van der Waals surface area contributed by atoms with Crippen molar-refractivity contribution in [2.45, 2.75) is 13.5 Å². The van der Waals surface area contributed by atoms with Gasteiger partial charge in [0.15, 0.2) is 0 Å². The maximum Gasteiger partial charge on any atom is 0.250 e. The van der Waals surface area contributed by atoms with E-state index in [4.69, 9.17) is 23.1 Å². The molecule has 0 bridgehead atoms. The topological polar surface area (TPSA) is 72.3 Å². The fourth-order valence-corrected chi connectivity index (χ4v) is 2.44. The van der Waals surface area contributed by atoms with Gasteiger partial charge < -0.3 is 16.4 Å². The van der Waals surface area contributed by atoms with Crippen molar-refractivity contribution in [2.75, 3.05) is 17.2 Å². The van der Waals surface area contributed by atoms with E-state index in [1.807, 2.05) is 30.3 Å². The average molecular weight is 304 g/mol. The molecule has 4 N–H and O–H groups in total. The molecule has 0 aliphatic carbocycles. The number of carbonyl (C=O) groups excluding carboxylic acids is 1. The van der Waals surface area contributed by atoms with Gasteiger partial charge in [0.05, 0.1) is 10.6 Å². The molecular formula is C16H18ClN3O. The summed E-state index contributed by atoms with van der Waals surface area (Å²) in [5, 5.41) is 0.361. The fraction of sp³-hybridized carbons (Fsp3) is 0.188. The van der Waals surface area contributed by atoms with Gasteiger partial charge in [-0.15, -0.1) is 0 Å². The molecule has 0 fully saturated rings. The first-order valence-electron chi connectivity index (χ1n) is 6.70. The summed E-state index contributed by atoms with van der Waals surface area (Å²) in [5.41, 5.74) is 14.3. The SMILES string of the molecule is CCN(Cc1ccccc1N)c1ccc(C(N)=O)c(Cl)c1. The van der Waals surface area contributed by atoms with Gasteiger partial charge in [-0.05, 0) is 36.8 Å². The molecule has 1 amide bonds. The highest BCUT2D eigenvalue weighted by Crippen LogP contribution is 2.25. The van der Waals surface area contributed by atoms with Gasteiger partial charge in [-0.25, -0.2) is 0 Å². The molecule has 2 aromatic carbocycles. The van der Waals surface area contributed by atoms with Gasteiger partial charge in [0.25, 0.3) is 0 Å². The summed E-state index contributed by atoms with van der Waals surface area (Å²) < 4.78 is 0. The van der Waals surface area contributed by atoms with Crippen LogP contribution in [-0.4, -0.2) is 12.5 Å². The summed E-state index contributed by atoms with van der Waals surface area (Å²) >= 11 is 6.11. The Morgan fingerprint density at radius 1 is 1.24 bits per heavy atom. The van der Waals surface area contributed by atoms with Crippen LogP contribution < -0.4 is 16.4 Å². The molecule has 0 aromatic heterocycles. The zero-order chi connectivity index (χ0) is 15.4. The first-order valence-corrected chi connectivity index (χ1v) is 7.08. The highest BCUT2D eigenvalue weighted by molar-refractivity contribution is 6.34. The minimum absolute atomic E-state index is 0.329. The van der Waals surface area contributed by atoms with Gasteiger partial charge in [0.1, 0.15) is 0 Å². The molecule has 5 heteroatoms. The van der Waals surface area contributed by atoms with Crippen LogP contribution in [0.15, 0.2) is 42.5 Å². The van der Waals surface area contributed by atoms with Crippen LogP contribution in [0.25, 0.3) is 0 Å². The molecule has 2 aromatic rings. The number of amides is 1. The lowest BCUT2D eigenvalue weighted by Crippen LogP contribution is -2.23. The third-order valence-electron chi connectivity index (χ3n) is 3.38. The lowest BCUT2D eigenvalue weighted by Gasteiger charge is -2.24. The van der Waals surface area contributed by atoms with E-state index in [1.54, 1.807) is 12.1 Å². The number of anilines is 2. The maximum atomic E-state index is 11.2. The minimum atomic E-state index is -0.526. The zero-order valence-corrected chi connectivity index (χ0v) is 12.6. The second-order valence-electron chi connectivity index (χ2n) is 4.74. The maximum absolute atomic E-state index is 11.2. The molecule has 2 rings (SSSR count). The van der Waals surface area contributed by atoms with Crippen LogP contribution in [0, 0.1) is 0 Å². The van der Waals surface area contributed by atoms with Crippen molar-refractivity contribution in [2.24, 2.45) is 5.73 Å². The second kappa shape index (κ2) is 6.50. The first-order chi connectivity index (χ1) is 10.0. The zero-order valence-electron chi connectivity index (χ0n) is 11.8. The Morgan fingerprint density at radius 2 is 1.95 bits per heavy atom. The number of para-hydroxylation sites is 1. The van der Waals surface area contributed by atoms with E-state index in [9.17, 15) is 4.79 Å². The number of benzene rings is 2. The molecular weight excluding hydrogens is 286 g/mol. The molecule has 0 aliphatic heterocycles. The number of nitrogen functional groups attached to an aromatic ring is 1. The van der Waals surface area contributed by atoms with Gasteiger partial charge in [-0.2, -0.15) is 0 Å². The largest absolute Gasteiger partial charge is 0.398 e. The number of nitrogens with zero attached hydrogens (tertiary/aromatic N) is 1. The number of hydrogen-bond acceptors (Lipinski definition) is 3. The molecule has 0 atom stereocenters. The molecule has 0 spiro atoms. The quantitative estimate of drug-likeness (QED) is 0.834. The summed E-state index contributed by atoms with van der Waals surface area (Å²) in [6.45, 7) is 3.52. The third-order valence-corrected chi connectivity index (χ3v) is 3.69. The Bertz CT molecular complexity index is 658. The fourth-order valence-electron chi connectivity index (χ4n) is 2.17. The van der Waals surface area contributed by atoms with Crippen LogP contribution in [0.1, 0.15) is 22.8 Å². The van der Waals surface area contributed by atoms with E-state index in [-0.39, 0.29) is 0 Å². The number of rotatable bonds is 5. The molecule has 4 nitrogen and oxygen atoms in total. The van der Waals surface area contributed by atoms with Gasteiger partial charge in [-0.1, -0.05) is 29.8 Å². The summed E-state index contributed by atoms with van der Waals surface area (Å²) in [4.78, 5) is 13.3. The second-order valence-corrected chi connectivity index (χ2v) is 5.15. The van der Waals surface area contributed by atoms with E-state index in [2.05, 4.69) is 11.8 Å². The van der Waals surface area contributed by atoms with Gasteiger partial charge >= 0.3 is 0 Å². The summed E-state index contributed by atoms with van der Waals surface area (Å²) in [5.74, 6) is -0.526. The molecule has 0 aliphatic rings. The van der Waals surface area contributed by atoms with Crippen LogP contribution in [0.5, 0.6) is 0 Å². The van der Waals surface area contributed by atoms with E-state index in [0.29, 0.717) is 17.1 Å². The third kappa shape index (κ3) is 3.47. The molecule has 0 radical (unpaired) electrons. The van der Waals surface area contributed by atoms with Crippen LogP contribution in [0.3, 0.4) is 0 Å². The average Bonchev–Trinajstić information content (AvgIpc) is 2.46. The number of nitrogens with two attached hydrogens (primary N) is 2. The van der Waals surface area contributed by atoms with E-state index < -0.39 is 5.91 Å². The van der Waals surface area contributed by atoms with Gasteiger partial charge in [0.2, 0.25) is 5.91 Å². The van der Waals surface area contributed by atoms with Crippen LogP contribution in [0.2, 0.25) is 5.02 Å². The Labute approximate surface area is 129 Å².